The third-order valence-corrected chi connectivity index (χ3v) is 3.53. The fraction of sp³-hybridized carbons (Fsp3) is 0.200. The van der Waals surface area contributed by atoms with Gasteiger partial charge in [0.15, 0.2) is 11.4 Å². The molecule has 4 heterocycles. The minimum atomic E-state index is 0.612. The Morgan fingerprint density at radius 1 is 1.26 bits per heavy atom. The van der Waals surface area contributed by atoms with Crippen molar-refractivity contribution >= 4 is 16.9 Å². The first-order valence-corrected chi connectivity index (χ1v) is 7.36. The maximum atomic E-state index is 5.45. The topological polar surface area (TPSA) is 97.5 Å². The number of nitrogens with zero attached hydrogens (tertiary/aromatic N) is 5. The van der Waals surface area contributed by atoms with Crippen LogP contribution < -0.4 is 5.32 Å². The lowest BCUT2D eigenvalue weighted by atomic mass is 10.2. The number of aryl methyl sites for hydroxylation is 1. The van der Waals surface area contributed by atoms with Crippen molar-refractivity contribution in [3.63, 3.8) is 0 Å². The first-order valence-electron chi connectivity index (χ1n) is 7.36. The Labute approximate surface area is 131 Å². The summed E-state index contributed by atoms with van der Waals surface area (Å²) in [6.07, 6.45) is 7.80. The second-order valence-electron chi connectivity index (χ2n) is 5.05. The number of nitrogens with one attached hydrogen (secondary N) is 2. The van der Waals surface area contributed by atoms with Gasteiger partial charge in [-0.1, -0.05) is 0 Å². The molecule has 0 saturated carbocycles. The van der Waals surface area contributed by atoms with Crippen LogP contribution in [0, 0.1) is 0 Å². The van der Waals surface area contributed by atoms with Gasteiger partial charge in [-0.2, -0.15) is 10.2 Å². The molecule has 0 radical (unpaired) electrons. The number of furan rings is 1. The Bertz CT molecular complexity index is 880. The lowest BCUT2D eigenvalue weighted by Crippen LogP contribution is -2.08. The highest BCUT2D eigenvalue weighted by atomic mass is 16.3. The van der Waals surface area contributed by atoms with Crippen LogP contribution in [0.4, 0.5) is 5.82 Å². The molecule has 8 nitrogen and oxygen atoms in total. The van der Waals surface area contributed by atoms with Gasteiger partial charge in [0.25, 0.3) is 0 Å². The summed E-state index contributed by atoms with van der Waals surface area (Å²) in [7, 11) is 0. The average molecular weight is 309 g/mol. The van der Waals surface area contributed by atoms with Gasteiger partial charge in [-0.05, 0) is 24.6 Å². The number of H-pyrrole nitrogens is 1. The molecule has 0 aromatic carbocycles. The molecule has 4 aromatic heterocycles. The van der Waals surface area contributed by atoms with Crippen LogP contribution in [0.1, 0.15) is 6.42 Å². The first-order chi connectivity index (χ1) is 11.4. The monoisotopic (exact) mass is 309 g/mol. The van der Waals surface area contributed by atoms with E-state index in [2.05, 4.69) is 30.6 Å². The predicted molar refractivity (Wildman–Crippen MR) is 84.7 cm³/mol. The molecule has 0 aliphatic carbocycles. The van der Waals surface area contributed by atoms with Gasteiger partial charge in [-0.3, -0.25) is 9.78 Å². The third-order valence-electron chi connectivity index (χ3n) is 3.53. The van der Waals surface area contributed by atoms with Crippen molar-refractivity contribution < 1.29 is 4.42 Å². The van der Waals surface area contributed by atoms with E-state index in [0.29, 0.717) is 11.4 Å². The molecule has 2 N–H and O–H groups in total. The summed E-state index contributed by atoms with van der Waals surface area (Å²) in [4.78, 5) is 8.53. The number of aromatic nitrogens is 6. The van der Waals surface area contributed by atoms with Crippen molar-refractivity contribution in [3.8, 4) is 11.5 Å². The van der Waals surface area contributed by atoms with Crippen LogP contribution in [0.25, 0.3) is 22.5 Å². The molecule has 0 unspecified atom stereocenters. The maximum Gasteiger partial charge on any atom is 0.186 e. The van der Waals surface area contributed by atoms with E-state index in [1.807, 2.05) is 29.1 Å². The van der Waals surface area contributed by atoms with Gasteiger partial charge >= 0.3 is 0 Å². The molecule has 4 rings (SSSR count). The molecule has 0 spiro atoms. The molecule has 0 fully saturated rings. The SMILES string of the molecule is c1coc(-c2[nH]nc3ncnc(NCCCn4cccn4)c23)c1. The first kappa shape index (κ1) is 13.5. The smallest absolute Gasteiger partial charge is 0.186 e. The third kappa shape index (κ3) is 2.66. The Morgan fingerprint density at radius 3 is 3.09 bits per heavy atom. The van der Waals surface area contributed by atoms with Crippen LogP contribution in [0.2, 0.25) is 0 Å². The zero-order valence-corrected chi connectivity index (χ0v) is 12.3. The van der Waals surface area contributed by atoms with E-state index in [1.165, 1.54) is 6.33 Å². The molecule has 4 aromatic rings. The van der Waals surface area contributed by atoms with Gasteiger partial charge in [0.05, 0.1) is 11.6 Å². The summed E-state index contributed by atoms with van der Waals surface area (Å²) in [5.41, 5.74) is 1.39. The number of anilines is 1. The zero-order chi connectivity index (χ0) is 15.5. The molecule has 0 aliphatic heterocycles. The summed E-state index contributed by atoms with van der Waals surface area (Å²) >= 11 is 0. The highest BCUT2D eigenvalue weighted by Crippen LogP contribution is 2.29. The Hall–Kier alpha value is -3.16. The Kier molecular flexibility index (Phi) is 3.47. The van der Waals surface area contributed by atoms with Crippen LogP contribution in [-0.2, 0) is 6.54 Å². The van der Waals surface area contributed by atoms with Gasteiger partial charge in [-0.25, -0.2) is 9.97 Å². The number of hydrogen-bond donors (Lipinski definition) is 2. The summed E-state index contributed by atoms with van der Waals surface area (Å²) < 4.78 is 7.36. The molecule has 8 heteroatoms. The molecule has 116 valence electrons. The molecule has 0 amide bonds. The summed E-state index contributed by atoms with van der Waals surface area (Å²) in [6, 6.07) is 5.63. The van der Waals surface area contributed by atoms with E-state index >= 15 is 0 Å². The van der Waals surface area contributed by atoms with Crippen LogP contribution in [0.3, 0.4) is 0 Å². The summed E-state index contributed by atoms with van der Waals surface area (Å²) in [5.74, 6) is 1.46. The second kappa shape index (κ2) is 5.91. The van der Waals surface area contributed by atoms with Crippen molar-refractivity contribution in [1.82, 2.24) is 29.9 Å². The van der Waals surface area contributed by atoms with Crippen LogP contribution >= 0.6 is 0 Å². The summed E-state index contributed by atoms with van der Waals surface area (Å²) in [6.45, 7) is 1.62. The normalized spacial score (nSPS) is 11.1. The van der Waals surface area contributed by atoms with Crippen LogP contribution in [0.15, 0.2) is 47.6 Å². The van der Waals surface area contributed by atoms with Crippen molar-refractivity contribution in [2.45, 2.75) is 13.0 Å². The number of aromatic amines is 1. The second-order valence-corrected chi connectivity index (χ2v) is 5.05. The van der Waals surface area contributed by atoms with Crippen molar-refractivity contribution in [3.05, 3.63) is 43.2 Å². The van der Waals surface area contributed by atoms with E-state index in [-0.39, 0.29) is 0 Å². The van der Waals surface area contributed by atoms with E-state index < -0.39 is 0 Å². The molecule has 0 saturated heterocycles. The fourth-order valence-electron chi connectivity index (χ4n) is 2.47. The van der Waals surface area contributed by atoms with Gasteiger partial charge in [0.2, 0.25) is 0 Å². The number of rotatable bonds is 6. The molecular formula is C15H15N7O. The lowest BCUT2D eigenvalue weighted by molar-refractivity contribution is 0.580. The van der Waals surface area contributed by atoms with Gasteiger partial charge < -0.3 is 9.73 Å². The van der Waals surface area contributed by atoms with Crippen molar-refractivity contribution in [1.29, 1.82) is 0 Å². The van der Waals surface area contributed by atoms with E-state index in [4.69, 9.17) is 4.42 Å². The minimum absolute atomic E-state index is 0.612. The van der Waals surface area contributed by atoms with Gasteiger partial charge in [0, 0.05) is 25.5 Å². The molecule has 0 atom stereocenters. The standard InChI is InChI=1S/C15H15N7O/c1-4-11(23-9-1)13-12-14(17-10-18-15(12)21-20-13)16-5-2-7-22-8-3-6-19-22/h1,3-4,6,8-10H,2,5,7H2,(H2,16,17,18,20,21). The van der Waals surface area contributed by atoms with Crippen molar-refractivity contribution in [2.75, 3.05) is 11.9 Å². The number of hydrogen-bond acceptors (Lipinski definition) is 6. The Balaban J connectivity index is 1.53. The van der Waals surface area contributed by atoms with Crippen LogP contribution in [-0.4, -0.2) is 36.5 Å². The predicted octanol–water partition coefficient (Wildman–Crippen LogP) is 2.31. The zero-order valence-electron chi connectivity index (χ0n) is 12.3. The summed E-state index contributed by atoms with van der Waals surface area (Å²) in [5, 5.41) is 15.5. The highest BCUT2D eigenvalue weighted by molar-refractivity contribution is 5.97. The van der Waals surface area contributed by atoms with Gasteiger partial charge in [-0.15, -0.1) is 0 Å². The van der Waals surface area contributed by atoms with E-state index in [1.54, 1.807) is 12.5 Å². The lowest BCUT2D eigenvalue weighted by Gasteiger charge is -2.07. The van der Waals surface area contributed by atoms with E-state index in [0.717, 1.165) is 36.4 Å². The Morgan fingerprint density at radius 2 is 2.26 bits per heavy atom. The van der Waals surface area contributed by atoms with E-state index in [9.17, 15) is 0 Å². The van der Waals surface area contributed by atoms with Gasteiger partial charge in [0.1, 0.15) is 17.8 Å². The fourth-order valence-corrected chi connectivity index (χ4v) is 2.47. The number of fused-ring (bicyclic) bond motifs is 1. The molecule has 0 bridgehead atoms. The van der Waals surface area contributed by atoms with Crippen molar-refractivity contribution in [2.24, 2.45) is 0 Å². The quantitative estimate of drug-likeness (QED) is 0.530. The average Bonchev–Trinajstić information content (AvgIpc) is 3.31. The highest BCUT2D eigenvalue weighted by Gasteiger charge is 2.15. The maximum absolute atomic E-state index is 5.45. The molecule has 0 aliphatic rings. The van der Waals surface area contributed by atoms with Crippen LogP contribution in [0.5, 0.6) is 0 Å². The minimum Gasteiger partial charge on any atom is -0.463 e. The molecule has 23 heavy (non-hydrogen) atoms. The molecular weight excluding hydrogens is 294 g/mol. The largest absolute Gasteiger partial charge is 0.463 e.